The Morgan fingerprint density at radius 3 is 2.36 bits per heavy atom. The molecule has 0 spiro atoms. The Hall–Kier alpha value is -3.36. The van der Waals surface area contributed by atoms with Crippen LogP contribution in [0.3, 0.4) is 0 Å². The van der Waals surface area contributed by atoms with Crippen LogP contribution < -0.4 is 9.62 Å². The minimum atomic E-state index is -3.88. The zero-order chi connectivity index (χ0) is 23.8. The molecular formula is C24H23ClN2O5S. The second-order valence-electron chi connectivity index (χ2n) is 7.14. The molecule has 172 valence electrons. The predicted octanol–water partition coefficient (Wildman–Crippen LogP) is 3.68. The number of nitrogens with one attached hydrogen (secondary N) is 1. The number of nitrogens with zero attached hydrogens (tertiary/aromatic N) is 1. The van der Waals surface area contributed by atoms with Crippen molar-refractivity contribution < 1.29 is 22.7 Å². The minimum Gasteiger partial charge on any atom is -0.452 e. The molecule has 0 aromatic heterocycles. The summed E-state index contributed by atoms with van der Waals surface area (Å²) in [5, 5.41) is 3.31. The lowest BCUT2D eigenvalue weighted by Gasteiger charge is -2.19. The molecule has 0 atom stereocenters. The summed E-state index contributed by atoms with van der Waals surface area (Å²) in [7, 11) is -2.45. The van der Waals surface area contributed by atoms with Crippen molar-refractivity contribution in [2.24, 2.45) is 0 Å². The maximum Gasteiger partial charge on any atom is 0.338 e. The third-order valence-corrected chi connectivity index (χ3v) is 6.86. The van der Waals surface area contributed by atoms with Gasteiger partial charge in [0.05, 0.1) is 16.1 Å². The van der Waals surface area contributed by atoms with E-state index in [4.69, 9.17) is 16.3 Å². The molecule has 1 N–H and O–H groups in total. The first-order valence-corrected chi connectivity index (χ1v) is 11.9. The summed E-state index contributed by atoms with van der Waals surface area (Å²) >= 11 is 5.84. The van der Waals surface area contributed by atoms with E-state index >= 15 is 0 Å². The Kier molecular flexibility index (Phi) is 8.08. The molecule has 3 rings (SSSR count). The number of amides is 1. The van der Waals surface area contributed by atoms with Gasteiger partial charge in [0, 0.05) is 18.6 Å². The molecule has 3 aromatic carbocycles. The van der Waals surface area contributed by atoms with Crippen LogP contribution in [0.25, 0.3) is 0 Å². The zero-order valence-electron chi connectivity index (χ0n) is 17.9. The second-order valence-corrected chi connectivity index (χ2v) is 9.54. The van der Waals surface area contributed by atoms with Crippen molar-refractivity contribution >= 4 is 39.2 Å². The molecule has 9 heteroatoms. The molecule has 0 unspecified atom stereocenters. The molecular weight excluding hydrogens is 464 g/mol. The summed E-state index contributed by atoms with van der Waals surface area (Å²) in [6.07, 6.45) is 0.603. The van der Waals surface area contributed by atoms with Crippen molar-refractivity contribution in [1.82, 2.24) is 5.32 Å². The highest BCUT2D eigenvalue weighted by Gasteiger charge is 2.22. The molecule has 7 nitrogen and oxygen atoms in total. The molecule has 0 saturated heterocycles. The van der Waals surface area contributed by atoms with Gasteiger partial charge < -0.3 is 10.1 Å². The summed E-state index contributed by atoms with van der Waals surface area (Å²) in [6, 6.07) is 21.4. The predicted molar refractivity (Wildman–Crippen MR) is 127 cm³/mol. The molecule has 0 radical (unpaired) electrons. The van der Waals surface area contributed by atoms with Crippen LogP contribution in [0, 0.1) is 0 Å². The summed E-state index contributed by atoms with van der Waals surface area (Å²) in [4.78, 5) is 24.3. The van der Waals surface area contributed by atoms with E-state index in [0.717, 1.165) is 9.87 Å². The molecule has 0 saturated carbocycles. The third kappa shape index (κ3) is 6.57. The Balaban J connectivity index is 1.55. The first kappa shape index (κ1) is 24.3. The maximum atomic E-state index is 12.9. The molecule has 0 fully saturated rings. The Bertz CT molecular complexity index is 1220. The molecule has 33 heavy (non-hydrogen) atoms. The van der Waals surface area contributed by atoms with E-state index in [1.807, 2.05) is 12.1 Å². The van der Waals surface area contributed by atoms with Gasteiger partial charge in [-0.1, -0.05) is 48.0 Å². The number of hydrogen-bond acceptors (Lipinski definition) is 5. The minimum absolute atomic E-state index is 0.0338. The number of carbonyl (C=O) groups excluding carboxylic acids is 2. The van der Waals surface area contributed by atoms with E-state index in [2.05, 4.69) is 5.32 Å². The molecule has 1 amide bonds. The fraction of sp³-hybridized carbons (Fsp3) is 0.167. The number of rotatable bonds is 9. The van der Waals surface area contributed by atoms with Crippen molar-refractivity contribution in [3.8, 4) is 0 Å². The lowest BCUT2D eigenvalue weighted by atomic mass is 10.1. The van der Waals surface area contributed by atoms with Crippen LogP contribution in [-0.4, -0.2) is 40.5 Å². The summed E-state index contributed by atoms with van der Waals surface area (Å²) in [5.41, 5.74) is 1.53. The quantitative estimate of drug-likeness (QED) is 0.466. The van der Waals surface area contributed by atoms with Crippen LogP contribution in [0.1, 0.15) is 15.9 Å². The van der Waals surface area contributed by atoms with Gasteiger partial charge in [-0.2, -0.15) is 0 Å². The number of benzene rings is 3. The molecule has 3 aromatic rings. The van der Waals surface area contributed by atoms with Gasteiger partial charge in [0.15, 0.2) is 6.61 Å². The first-order valence-electron chi connectivity index (χ1n) is 10.1. The number of esters is 1. The van der Waals surface area contributed by atoms with Crippen molar-refractivity contribution in [3.05, 3.63) is 95.0 Å². The van der Waals surface area contributed by atoms with Gasteiger partial charge in [0.1, 0.15) is 0 Å². The smallest absolute Gasteiger partial charge is 0.338 e. The van der Waals surface area contributed by atoms with Crippen LogP contribution in [0.5, 0.6) is 0 Å². The van der Waals surface area contributed by atoms with Gasteiger partial charge in [-0.3, -0.25) is 9.10 Å². The largest absolute Gasteiger partial charge is 0.452 e. The van der Waals surface area contributed by atoms with Gasteiger partial charge >= 0.3 is 5.97 Å². The molecule has 0 aliphatic rings. The van der Waals surface area contributed by atoms with Crippen molar-refractivity contribution in [2.45, 2.75) is 11.3 Å². The maximum absolute atomic E-state index is 12.9. The number of para-hydroxylation sites is 1. The van der Waals surface area contributed by atoms with Gasteiger partial charge in [0.25, 0.3) is 15.9 Å². The third-order valence-electron chi connectivity index (χ3n) is 4.83. The number of hydrogen-bond donors (Lipinski definition) is 1. The fourth-order valence-corrected chi connectivity index (χ4v) is 4.35. The topological polar surface area (TPSA) is 92.8 Å². The van der Waals surface area contributed by atoms with Gasteiger partial charge in [-0.15, -0.1) is 0 Å². The average molecular weight is 487 g/mol. The molecule has 0 aliphatic heterocycles. The van der Waals surface area contributed by atoms with Gasteiger partial charge in [-0.25, -0.2) is 13.2 Å². The van der Waals surface area contributed by atoms with E-state index < -0.39 is 28.5 Å². The normalized spacial score (nSPS) is 11.0. The van der Waals surface area contributed by atoms with Crippen molar-refractivity contribution in [3.63, 3.8) is 0 Å². The highest BCUT2D eigenvalue weighted by molar-refractivity contribution is 7.92. The van der Waals surface area contributed by atoms with Gasteiger partial charge in [-0.05, 0) is 54.4 Å². The standard InChI is InChI=1S/C24H23ClN2O5S/c1-27(21-7-3-2-4-8-21)33(30,31)22-9-5-6-19(16-22)24(29)32-17-23(28)26-15-14-18-10-12-20(25)13-11-18/h2-13,16H,14-15,17H2,1H3,(H,26,28). The van der Waals surface area contributed by atoms with E-state index in [-0.39, 0.29) is 10.5 Å². The highest BCUT2D eigenvalue weighted by Crippen LogP contribution is 2.22. The first-order chi connectivity index (χ1) is 15.8. The summed E-state index contributed by atoms with van der Waals surface area (Å²) < 4.78 is 32.0. The van der Waals surface area contributed by atoms with Crippen molar-refractivity contribution in [1.29, 1.82) is 0 Å². The molecule has 0 bridgehead atoms. The lowest BCUT2D eigenvalue weighted by molar-refractivity contribution is -0.124. The molecule has 0 heterocycles. The number of ether oxygens (including phenoxy) is 1. The Morgan fingerprint density at radius 2 is 1.67 bits per heavy atom. The van der Waals surface area contributed by atoms with Crippen LogP contribution >= 0.6 is 11.6 Å². The van der Waals surface area contributed by atoms with Crippen LogP contribution in [0.4, 0.5) is 5.69 Å². The highest BCUT2D eigenvalue weighted by atomic mass is 35.5. The average Bonchev–Trinajstić information content (AvgIpc) is 2.84. The van der Waals surface area contributed by atoms with Crippen LogP contribution in [0.2, 0.25) is 5.02 Å². The van der Waals surface area contributed by atoms with E-state index in [9.17, 15) is 18.0 Å². The lowest BCUT2D eigenvalue weighted by Crippen LogP contribution is -2.30. The van der Waals surface area contributed by atoms with Gasteiger partial charge in [0.2, 0.25) is 0 Å². The number of carbonyl (C=O) groups is 2. The number of anilines is 1. The fourth-order valence-electron chi connectivity index (χ4n) is 2.98. The summed E-state index contributed by atoms with van der Waals surface area (Å²) in [5.74, 6) is -1.24. The van der Waals surface area contributed by atoms with Crippen LogP contribution in [-0.2, 0) is 26.0 Å². The van der Waals surface area contributed by atoms with E-state index in [1.165, 1.54) is 31.3 Å². The SMILES string of the molecule is CN(c1ccccc1)S(=O)(=O)c1cccc(C(=O)OCC(=O)NCCc2ccc(Cl)cc2)c1. The monoisotopic (exact) mass is 486 g/mol. The van der Waals surface area contributed by atoms with E-state index in [0.29, 0.717) is 23.7 Å². The Labute approximate surface area is 198 Å². The Morgan fingerprint density at radius 1 is 0.970 bits per heavy atom. The molecule has 0 aliphatic carbocycles. The second kappa shape index (κ2) is 11.0. The van der Waals surface area contributed by atoms with Crippen molar-refractivity contribution in [2.75, 3.05) is 24.5 Å². The zero-order valence-corrected chi connectivity index (χ0v) is 19.5. The van der Waals surface area contributed by atoms with Crippen LogP contribution in [0.15, 0.2) is 83.8 Å². The van der Waals surface area contributed by atoms with E-state index in [1.54, 1.807) is 42.5 Å². The summed E-state index contributed by atoms with van der Waals surface area (Å²) in [6.45, 7) is -0.0993. The number of halogens is 1. The number of sulfonamides is 1.